The van der Waals surface area contributed by atoms with Gasteiger partial charge in [0.2, 0.25) is 0 Å². The number of hydrogen-bond acceptors (Lipinski definition) is 6. The van der Waals surface area contributed by atoms with E-state index in [-0.39, 0.29) is 31.1 Å². The van der Waals surface area contributed by atoms with Crippen LogP contribution in [0.4, 0.5) is 0 Å². The normalized spacial score (nSPS) is 12.0. The molecular formula is C44H82O6. The largest absolute Gasteiger partial charge is 0.462 e. The molecule has 0 rings (SSSR count). The van der Waals surface area contributed by atoms with E-state index in [1.807, 2.05) is 0 Å². The lowest BCUT2D eigenvalue weighted by atomic mass is 10.1. The third-order valence-electron chi connectivity index (χ3n) is 9.52. The van der Waals surface area contributed by atoms with E-state index < -0.39 is 6.10 Å². The first-order chi connectivity index (χ1) is 24.5. The van der Waals surface area contributed by atoms with Gasteiger partial charge in [0, 0.05) is 19.3 Å². The molecule has 0 N–H and O–H groups in total. The van der Waals surface area contributed by atoms with Crippen molar-refractivity contribution >= 4 is 17.9 Å². The summed E-state index contributed by atoms with van der Waals surface area (Å²) in [5.41, 5.74) is 0. The van der Waals surface area contributed by atoms with Crippen LogP contribution in [0.15, 0.2) is 12.2 Å². The summed E-state index contributed by atoms with van der Waals surface area (Å²) < 4.78 is 16.6. The summed E-state index contributed by atoms with van der Waals surface area (Å²) in [7, 11) is 0. The van der Waals surface area contributed by atoms with Gasteiger partial charge in [-0.25, -0.2) is 0 Å². The van der Waals surface area contributed by atoms with Gasteiger partial charge in [-0.1, -0.05) is 181 Å². The molecule has 0 heterocycles. The number of ether oxygens (including phenoxy) is 3. The highest BCUT2D eigenvalue weighted by Crippen LogP contribution is 2.14. The average molecular weight is 707 g/mol. The van der Waals surface area contributed by atoms with E-state index in [1.165, 1.54) is 128 Å². The number of carbonyl (C=O) groups is 3. The van der Waals surface area contributed by atoms with Crippen LogP contribution in [0.5, 0.6) is 0 Å². The van der Waals surface area contributed by atoms with E-state index in [9.17, 15) is 14.4 Å². The van der Waals surface area contributed by atoms with E-state index in [2.05, 4.69) is 32.9 Å². The van der Waals surface area contributed by atoms with Crippen LogP contribution in [0, 0.1) is 0 Å². The second-order valence-corrected chi connectivity index (χ2v) is 14.6. The zero-order valence-electron chi connectivity index (χ0n) is 33.4. The molecule has 0 aromatic carbocycles. The van der Waals surface area contributed by atoms with Crippen molar-refractivity contribution in [3.63, 3.8) is 0 Å². The Morgan fingerprint density at radius 3 is 1.02 bits per heavy atom. The fraction of sp³-hybridized carbons (Fsp3) is 0.886. The molecule has 6 nitrogen and oxygen atoms in total. The van der Waals surface area contributed by atoms with Crippen LogP contribution >= 0.6 is 0 Å². The van der Waals surface area contributed by atoms with E-state index in [0.29, 0.717) is 19.3 Å². The molecule has 6 heteroatoms. The minimum absolute atomic E-state index is 0.0712. The van der Waals surface area contributed by atoms with E-state index in [0.717, 1.165) is 64.2 Å². The highest BCUT2D eigenvalue weighted by molar-refractivity contribution is 5.71. The van der Waals surface area contributed by atoms with Gasteiger partial charge in [0.1, 0.15) is 13.2 Å². The Hall–Kier alpha value is -1.85. The van der Waals surface area contributed by atoms with Gasteiger partial charge in [-0.15, -0.1) is 0 Å². The molecule has 0 fully saturated rings. The molecule has 0 saturated heterocycles. The van der Waals surface area contributed by atoms with Crippen molar-refractivity contribution in [3.8, 4) is 0 Å². The molecule has 0 spiro atoms. The molecule has 0 aromatic rings. The average Bonchev–Trinajstić information content (AvgIpc) is 3.11. The lowest BCUT2D eigenvalue weighted by molar-refractivity contribution is -0.167. The lowest BCUT2D eigenvalue weighted by Gasteiger charge is -2.18. The van der Waals surface area contributed by atoms with Crippen LogP contribution < -0.4 is 0 Å². The zero-order valence-corrected chi connectivity index (χ0v) is 33.4. The summed E-state index contributed by atoms with van der Waals surface area (Å²) in [6.45, 7) is 6.58. The third kappa shape index (κ3) is 37.4. The molecule has 0 saturated carbocycles. The summed E-state index contributed by atoms with van der Waals surface area (Å²) in [5.74, 6) is -0.889. The Kier molecular flexibility index (Phi) is 38.5. The first-order valence-electron chi connectivity index (χ1n) is 21.7. The summed E-state index contributed by atoms with van der Waals surface area (Å²) in [5, 5.41) is 0. The Labute approximate surface area is 310 Å². The molecule has 0 aliphatic carbocycles. The predicted molar refractivity (Wildman–Crippen MR) is 210 cm³/mol. The Bertz CT molecular complexity index is 778. The van der Waals surface area contributed by atoms with E-state index >= 15 is 0 Å². The maximum Gasteiger partial charge on any atom is 0.306 e. The molecule has 1 atom stereocenters. The van der Waals surface area contributed by atoms with Gasteiger partial charge in [-0.3, -0.25) is 14.4 Å². The molecule has 0 bridgehead atoms. The number of unbranched alkanes of at least 4 members (excludes halogenated alkanes) is 26. The highest BCUT2D eigenvalue weighted by Gasteiger charge is 2.19. The molecule has 0 aliphatic heterocycles. The van der Waals surface area contributed by atoms with E-state index in [4.69, 9.17) is 14.2 Å². The van der Waals surface area contributed by atoms with Crippen molar-refractivity contribution < 1.29 is 28.6 Å². The third-order valence-corrected chi connectivity index (χ3v) is 9.52. The lowest BCUT2D eigenvalue weighted by Crippen LogP contribution is -2.30. The molecule has 0 aromatic heterocycles. The molecule has 50 heavy (non-hydrogen) atoms. The zero-order chi connectivity index (χ0) is 36.6. The topological polar surface area (TPSA) is 78.9 Å². The molecule has 0 amide bonds. The van der Waals surface area contributed by atoms with Crippen LogP contribution in [0.25, 0.3) is 0 Å². The maximum atomic E-state index is 12.6. The fourth-order valence-corrected chi connectivity index (χ4v) is 6.20. The first-order valence-corrected chi connectivity index (χ1v) is 21.7. The van der Waals surface area contributed by atoms with Gasteiger partial charge in [0.15, 0.2) is 6.10 Å². The van der Waals surface area contributed by atoms with Gasteiger partial charge in [-0.2, -0.15) is 0 Å². The standard InChI is InChI=1S/C44H82O6/c1-4-7-10-13-16-19-20-21-22-23-26-28-31-34-37-43(46)49-40-41(50-44(47)38-35-32-29-25-18-15-12-9-6-3)39-48-42(45)36-33-30-27-24-17-14-11-8-5-2/h22-23,41H,4-21,24-40H2,1-3H3/b23-22-. The van der Waals surface area contributed by atoms with Gasteiger partial charge >= 0.3 is 17.9 Å². The minimum atomic E-state index is -0.765. The molecule has 0 aliphatic rings. The van der Waals surface area contributed by atoms with Gasteiger partial charge in [0.05, 0.1) is 0 Å². The van der Waals surface area contributed by atoms with Gasteiger partial charge in [-0.05, 0) is 44.9 Å². The number of carbonyl (C=O) groups excluding carboxylic acids is 3. The molecule has 1 unspecified atom stereocenters. The minimum Gasteiger partial charge on any atom is -0.462 e. The number of allylic oxidation sites excluding steroid dienone is 2. The van der Waals surface area contributed by atoms with Crippen molar-refractivity contribution in [3.05, 3.63) is 12.2 Å². The smallest absolute Gasteiger partial charge is 0.306 e. The summed E-state index contributed by atoms with van der Waals surface area (Å²) in [6, 6.07) is 0. The molecule has 294 valence electrons. The quantitative estimate of drug-likeness (QED) is 0.0274. The Morgan fingerprint density at radius 2 is 0.660 bits per heavy atom. The van der Waals surface area contributed by atoms with Crippen LogP contribution in [-0.4, -0.2) is 37.2 Å². The van der Waals surface area contributed by atoms with Crippen molar-refractivity contribution in [2.45, 2.75) is 239 Å². The van der Waals surface area contributed by atoms with Crippen LogP contribution in [0.3, 0.4) is 0 Å². The summed E-state index contributed by atoms with van der Waals surface area (Å²) >= 11 is 0. The summed E-state index contributed by atoms with van der Waals surface area (Å²) in [6.07, 6.45) is 40.5. The molecule has 0 radical (unpaired) electrons. The van der Waals surface area contributed by atoms with Crippen molar-refractivity contribution in [2.24, 2.45) is 0 Å². The van der Waals surface area contributed by atoms with Crippen molar-refractivity contribution in [2.75, 3.05) is 13.2 Å². The second kappa shape index (κ2) is 39.9. The fourth-order valence-electron chi connectivity index (χ4n) is 6.20. The van der Waals surface area contributed by atoms with E-state index in [1.54, 1.807) is 0 Å². The highest BCUT2D eigenvalue weighted by atomic mass is 16.6. The second-order valence-electron chi connectivity index (χ2n) is 14.6. The monoisotopic (exact) mass is 707 g/mol. The SMILES string of the molecule is CCCCCCCCC/C=C\CCCCCC(=O)OCC(COC(=O)CCCCCCCCCCC)OC(=O)CCCCCCCCCCC. The number of esters is 3. The van der Waals surface area contributed by atoms with Crippen LogP contribution in [-0.2, 0) is 28.6 Å². The van der Waals surface area contributed by atoms with Crippen LogP contribution in [0.1, 0.15) is 233 Å². The number of rotatable bonds is 39. The van der Waals surface area contributed by atoms with Crippen molar-refractivity contribution in [1.82, 2.24) is 0 Å². The summed E-state index contributed by atoms with van der Waals surface area (Å²) in [4.78, 5) is 37.5. The first kappa shape index (κ1) is 48.1. The van der Waals surface area contributed by atoms with Crippen molar-refractivity contribution in [1.29, 1.82) is 0 Å². The maximum absolute atomic E-state index is 12.6. The molecular weight excluding hydrogens is 624 g/mol. The predicted octanol–water partition coefficient (Wildman–Crippen LogP) is 13.5. The van der Waals surface area contributed by atoms with Crippen LogP contribution in [0.2, 0.25) is 0 Å². The van der Waals surface area contributed by atoms with Gasteiger partial charge in [0.25, 0.3) is 0 Å². The van der Waals surface area contributed by atoms with Gasteiger partial charge < -0.3 is 14.2 Å². The Morgan fingerprint density at radius 1 is 0.380 bits per heavy atom. The Balaban J connectivity index is 4.33. The number of hydrogen-bond donors (Lipinski definition) is 0.